The number of aliphatic carboxylic acids is 1. The fourth-order valence-corrected chi connectivity index (χ4v) is 1.74. The normalized spacial score (nSPS) is 32.5. The largest absolute Gasteiger partial charge is 0.480 e. The smallest absolute Gasteiger partial charge is 0.317 e. The summed E-state index contributed by atoms with van der Waals surface area (Å²) >= 11 is 0. The number of aromatic amines is 1. The Morgan fingerprint density at radius 2 is 2.46 bits per heavy atom. The van der Waals surface area contributed by atoms with Crippen LogP contribution in [0.4, 0.5) is 0 Å². The van der Waals surface area contributed by atoms with E-state index in [0.29, 0.717) is 18.7 Å². The minimum atomic E-state index is -0.921. The van der Waals surface area contributed by atoms with Crippen LogP contribution in [0.3, 0.4) is 0 Å². The van der Waals surface area contributed by atoms with Gasteiger partial charge in [0.05, 0.1) is 0 Å². The number of hydrogen-bond acceptors (Lipinski definition) is 4. The van der Waals surface area contributed by atoms with Crippen LogP contribution < -0.4 is 5.73 Å². The van der Waals surface area contributed by atoms with Crippen LogP contribution >= 0.6 is 0 Å². The first-order valence-corrected chi connectivity index (χ1v) is 4.00. The van der Waals surface area contributed by atoms with Gasteiger partial charge in [-0.1, -0.05) is 0 Å². The highest BCUT2D eigenvalue weighted by Gasteiger charge is 2.52. The van der Waals surface area contributed by atoms with Gasteiger partial charge in [-0.3, -0.25) is 9.89 Å². The Hall–Kier alpha value is -1.43. The van der Waals surface area contributed by atoms with Gasteiger partial charge in [-0.15, -0.1) is 0 Å². The van der Waals surface area contributed by atoms with Gasteiger partial charge in [0.1, 0.15) is 17.6 Å². The molecule has 0 radical (unpaired) electrons. The Bertz CT molecular complexity index is 315. The first-order chi connectivity index (χ1) is 6.15. The van der Waals surface area contributed by atoms with E-state index in [4.69, 9.17) is 10.8 Å². The summed E-state index contributed by atoms with van der Waals surface area (Å²) in [6, 6.07) is -0.0406. The number of nitrogens with zero attached hydrogens (tertiary/aromatic N) is 2. The van der Waals surface area contributed by atoms with Crippen molar-refractivity contribution in [2.24, 2.45) is 5.73 Å². The average molecular weight is 182 g/mol. The van der Waals surface area contributed by atoms with Crippen molar-refractivity contribution in [3.8, 4) is 0 Å². The van der Waals surface area contributed by atoms with Crippen LogP contribution in [-0.2, 0) is 10.2 Å². The Morgan fingerprint density at radius 3 is 2.85 bits per heavy atom. The molecule has 0 atom stereocenters. The molecule has 1 fully saturated rings. The van der Waals surface area contributed by atoms with Gasteiger partial charge in [-0.2, -0.15) is 5.10 Å². The molecule has 4 N–H and O–H groups in total. The molecule has 2 rings (SSSR count). The molecule has 70 valence electrons. The number of carboxylic acids is 1. The molecule has 0 amide bonds. The molecule has 0 aliphatic heterocycles. The van der Waals surface area contributed by atoms with E-state index in [1.165, 1.54) is 6.33 Å². The molecule has 0 unspecified atom stereocenters. The van der Waals surface area contributed by atoms with Crippen molar-refractivity contribution in [1.29, 1.82) is 0 Å². The van der Waals surface area contributed by atoms with Crippen LogP contribution in [0.25, 0.3) is 0 Å². The second-order valence-electron chi connectivity index (χ2n) is 3.39. The SMILES string of the molecule is NC1CC(C(=O)O)(c2ncn[nH]2)C1. The highest BCUT2D eigenvalue weighted by Crippen LogP contribution is 2.41. The van der Waals surface area contributed by atoms with Crippen LogP contribution in [0.1, 0.15) is 18.7 Å². The minimum absolute atomic E-state index is 0.0406. The standard InChI is InChI=1S/C7H10N4O2/c8-4-1-7(2-4,6(12)13)5-9-3-10-11-5/h3-4H,1-2,8H2,(H,12,13)(H,9,10,11). The van der Waals surface area contributed by atoms with E-state index in [1.54, 1.807) is 0 Å². The van der Waals surface area contributed by atoms with Crippen molar-refractivity contribution in [3.05, 3.63) is 12.2 Å². The number of nitrogens with one attached hydrogen (secondary N) is 1. The van der Waals surface area contributed by atoms with Crippen LogP contribution in [0.2, 0.25) is 0 Å². The number of rotatable bonds is 2. The minimum Gasteiger partial charge on any atom is -0.480 e. The zero-order valence-electron chi connectivity index (χ0n) is 6.90. The lowest BCUT2D eigenvalue weighted by Crippen LogP contribution is -2.54. The van der Waals surface area contributed by atoms with Gasteiger partial charge in [0.15, 0.2) is 0 Å². The van der Waals surface area contributed by atoms with E-state index in [-0.39, 0.29) is 6.04 Å². The van der Waals surface area contributed by atoms with Crippen LogP contribution in [0, 0.1) is 0 Å². The highest BCUT2D eigenvalue weighted by molar-refractivity contribution is 5.81. The van der Waals surface area contributed by atoms with E-state index in [9.17, 15) is 4.79 Å². The first-order valence-electron chi connectivity index (χ1n) is 4.00. The molecule has 0 aromatic carbocycles. The van der Waals surface area contributed by atoms with E-state index in [2.05, 4.69) is 15.2 Å². The molecule has 0 bridgehead atoms. The van der Waals surface area contributed by atoms with Gasteiger partial charge in [0, 0.05) is 6.04 Å². The summed E-state index contributed by atoms with van der Waals surface area (Å²) in [5.41, 5.74) is 4.65. The third-order valence-corrected chi connectivity index (χ3v) is 2.50. The Morgan fingerprint density at radius 1 is 1.77 bits per heavy atom. The fourth-order valence-electron chi connectivity index (χ4n) is 1.74. The molecule has 1 aliphatic rings. The monoisotopic (exact) mass is 182 g/mol. The van der Waals surface area contributed by atoms with Crippen molar-refractivity contribution in [2.45, 2.75) is 24.3 Å². The van der Waals surface area contributed by atoms with Gasteiger partial charge in [0.25, 0.3) is 0 Å². The number of carboxylic acid groups (broad SMARTS) is 1. The molecule has 1 heterocycles. The zero-order valence-corrected chi connectivity index (χ0v) is 6.90. The quantitative estimate of drug-likeness (QED) is 0.558. The van der Waals surface area contributed by atoms with Gasteiger partial charge < -0.3 is 10.8 Å². The summed E-state index contributed by atoms with van der Waals surface area (Å²) in [5.74, 6) is -0.479. The molecule has 1 aliphatic carbocycles. The Kier molecular flexibility index (Phi) is 1.59. The van der Waals surface area contributed by atoms with Gasteiger partial charge in [-0.25, -0.2) is 4.98 Å². The lowest BCUT2D eigenvalue weighted by Gasteiger charge is -2.40. The molecular formula is C7H10N4O2. The van der Waals surface area contributed by atoms with E-state index in [0.717, 1.165) is 0 Å². The van der Waals surface area contributed by atoms with E-state index < -0.39 is 11.4 Å². The molecule has 6 heteroatoms. The molecule has 0 spiro atoms. The lowest BCUT2D eigenvalue weighted by molar-refractivity contribution is -0.148. The number of aromatic nitrogens is 3. The summed E-state index contributed by atoms with van der Waals surface area (Å²) in [5, 5.41) is 15.3. The predicted octanol–water partition coefficient (Wildman–Crippen LogP) is -0.752. The maximum atomic E-state index is 11.0. The zero-order chi connectivity index (χ0) is 9.47. The molecule has 0 saturated heterocycles. The maximum absolute atomic E-state index is 11.0. The highest BCUT2D eigenvalue weighted by atomic mass is 16.4. The van der Waals surface area contributed by atoms with Gasteiger partial charge >= 0.3 is 5.97 Å². The average Bonchev–Trinajstić information content (AvgIpc) is 2.49. The molecule has 13 heavy (non-hydrogen) atoms. The fraction of sp³-hybridized carbons (Fsp3) is 0.571. The van der Waals surface area contributed by atoms with E-state index >= 15 is 0 Å². The summed E-state index contributed by atoms with van der Waals surface area (Å²) in [6.07, 6.45) is 2.17. The van der Waals surface area contributed by atoms with Crippen LogP contribution in [-0.4, -0.2) is 32.3 Å². The number of carbonyl (C=O) groups is 1. The van der Waals surface area contributed by atoms with Gasteiger partial charge in [-0.05, 0) is 12.8 Å². The van der Waals surface area contributed by atoms with E-state index in [1.807, 2.05) is 0 Å². The van der Waals surface area contributed by atoms with Crippen molar-refractivity contribution >= 4 is 5.97 Å². The van der Waals surface area contributed by atoms with Crippen LogP contribution in [0.5, 0.6) is 0 Å². The van der Waals surface area contributed by atoms with Crippen molar-refractivity contribution < 1.29 is 9.90 Å². The van der Waals surface area contributed by atoms with Crippen molar-refractivity contribution in [2.75, 3.05) is 0 Å². The number of hydrogen-bond donors (Lipinski definition) is 3. The molecule has 6 nitrogen and oxygen atoms in total. The Balaban J connectivity index is 2.31. The molecule has 1 saturated carbocycles. The molecule has 1 aromatic heterocycles. The second kappa shape index (κ2) is 2.53. The second-order valence-corrected chi connectivity index (χ2v) is 3.39. The topological polar surface area (TPSA) is 105 Å². The van der Waals surface area contributed by atoms with Crippen molar-refractivity contribution in [1.82, 2.24) is 15.2 Å². The van der Waals surface area contributed by atoms with Crippen molar-refractivity contribution in [3.63, 3.8) is 0 Å². The summed E-state index contributed by atoms with van der Waals surface area (Å²) in [7, 11) is 0. The molecular weight excluding hydrogens is 172 g/mol. The van der Waals surface area contributed by atoms with Crippen LogP contribution in [0.15, 0.2) is 6.33 Å². The van der Waals surface area contributed by atoms with Gasteiger partial charge in [0.2, 0.25) is 0 Å². The summed E-state index contributed by atoms with van der Waals surface area (Å²) in [4.78, 5) is 14.9. The summed E-state index contributed by atoms with van der Waals surface area (Å²) < 4.78 is 0. The first kappa shape index (κ1) is 8.18. The lowest BCUT2D eigenvalue weighted by atomic mass is 9.65. The predicted molar refractivity (Wildman–Crippen MR) is 42.9 cm³/mol. The summed E-state index contributed by atoms with van der Waals surface area (Å²) in [6.45, 7) is 0. The third-order valence-electron chi connectivity index (χ3n) is 2.50. The number of nitrogens with two attached hydrogens (primary N) is 1. The number of H-pyrrole nitrogens is 1. The Labute approximate surface area is 74.2 Å². The molecule has 1 aromatic rings. The maximum Gasteiger partial charge on any atom is 0.317 e. The third kappa shape index (κ3) is 1.02.